The predicted octanol–water partition coefficient (Wildman–Crippen LogP) is 4.55. The van der Waals surface area contributed by atoms with Crippen molar-refractivity contribution < 1.29 is 9.21 Å². The Morgan fingerprint density at radius 3 is 2.54 bits per heavy atom. The van der Waals surface area contributed by atoms with Gasteiger partial charge in [-0.2, -0.15) is 0 Å². The van der Waals surface area contributed by atoms with E-state index in [1.807, 2.05) is 65.0 Å². The molecule has 1 N–H and O–H groups in total. The molecule has 124 valence electrons. The lowest BCUT2D eigenvalue weighted by Gasteiger charge is -2.15. The highest BCUT2D eigenvalue weighted by Gasteiger charge is 2.18. The van der Waals surface area contributed by atoms with Gasteiger partial charge in [-0.1, -0.05) is 11.6 Å². The van der Waals surface area contributed by atoms with Gasteiger partial charge in [0.15, 0.2) is 0 Å². The number of nitrogens with one attached hydrogen (secondary N) is 1. The third-order valence-corrected chi connectivity index (χ3v) is 4.23. The van der Waals surface area contributed by atoms with Crippen LogP contribution in [0.1, 0.15) is 51.7 Å². The molecule has 0 bridgehead atoms. The van der Waals surface area contributed by atoms with E-state index in [1.54, 1.807) is 0 Å². The summed E-state index contributed by atoms with van der Waals surface area (Å²) in [6.07, 6.45) is 0. The predicted molar refractivity (Wildman–Crippen MR) is 95.3 cm³/mol. The topological polar surface area (TPSA) is 55.1 Å². The largest absolute Gasteiger partial charge is 0.466 e. The molecule has 0 aliphatic heterocycles. The molecule has 1 unspecified atom stereocenters. The molecule has 0 spiro atoms. The summed E-state index contributed by atoms with van der Waals surface area (Å²) in [5.41, 5.74) is 4.45. The van der Waals surface area contributed by atoms with E-state index in [0.717, 1.165) is 39.2 Å². The Morgan fingerprint density at radius 2 is 1.88 bits per heavy atom. The highest BCUT2D eigenvalue weighted by molar-refractivity contribution is 6.06. The average Bonchev–Trinajstić information content (AvgIpc) is 2.85. The number of amides is 1. The number of benzene rings is 1. The number of carbonyl (C=O) groups is 1. The van der Waals surface area contributed by atoms with E-state index in [4.69, 9.17) is 4.42 Å². The maximum absolute atomic E-state index is 12.9. The first-order valence-corrected chi connectivity index (χ1v) is 8.11. The second-order valence-corrected chi connectivity index (χ2v) is 6.40. The van der Waals surface area contributed by atoms with Crippen LogP contribution in [-0.4, -0.2) is 10.9 Å². The van der Waals surface area contributed by atoms with Crippen LogP contribution < -0.4 is 5.32 Å². The van der Waals surface area contributed by atoms with Crippen LogP contribution in [0.3, 0.4) is 0 Å². The molecule has 2 heterocycles. The minimum absolute atomic E-state index is 0.0955. The minimum Gasteiger partial charge on any atom is -0.466 e. The summed E-state index contributed by atoms with van der Waals surface area (Å²) >= 11 is 0. The van der Waals surface area contributed by atoms with Crippen LogP contribution in [0.2, 0.25) is 0 Å². The Hall–Kier alpha value is -2.62. The van der Waals surface area contributed by atoms with Gasteiger partial charge in [0.25, 0.3) is 5.91 Å². The molecule has 4 heteroatoms. The highest BCUT2D eigenvalue weighted by atomic mass is 16.3. The van der Waals surface area contributed by atoms with Crippen LogP contribution in [0.25, 0.3) is 10.9 Å². The van der Waals surface area contributed by atoms with Crippen molar-refractivity contribution >= 4 is 16.8 Å². The quantitative estimate of drug-likeness (QED) is 0.769. The van der Waals surface area contributed by atoms with Gasteiger partial charge in [-0.15, -0.1) is 0 Å². The maximum atomic E-state index is 12.9. The van der Waals surface area contributed by atoms with Gasteiger partial charge in [0.2, 0.25) is 0 Å². The standard InChI is InChI=1S/C20H22N2O2/c1-11-6-7-19-17(8-11)18(9-12(2)21-19)20(23)22-14(4)16-10-13(3)24-15(16)5/h6-10,14H,1-5H3,(H,22,23). The van der Waals surface area contributed by atoms with Gasteiger partial charge in [0.05, 0.1) is 17.1 Å². The Kier molecular flexibility index (Phi) is 4.14. The summed E-state index contributed by atoms with van der Waals surface area (Å²) in [7, 11) is 0. The molecule has 0 saturated heterocycles. The molecule has 4 nitrogen and oxygen atoms in total. The van der Waals surface area contributed by atoms with Crippen LogP contribution in [0.15, 0.2) is 34.7 Å². The molecule has 1 amide bonds. The molecule has 3 rings (SSSR count). The van der Waals surface area contributed by atoms with Gasteiger partial charge < -0.3 is 9.73 Å². The molecule has 1 aromatic carbocycles. The van der Waals surface area contributed by atoms with E-state index in [0.29, 0.717) is 5.56 Å². The molecule has 3 aromatic rings. The summed E-state index contributed by atoms with van der Waals surface area (Å²) in [5.74, 6) is 1.60. The summed E-state index contributed by atoms with van der Waals surface area (Å²) in [6.45, 7) is 9.72. The highest BCUT2D eigenvalue weighted by Crippen LogP contribution is 2.24. The smallest absolute Gasteiger partial charge is 0.252 e. The second-order valence-electron chi connectivity index (χ2n) is 6.40. The lowest BCUT2D eigenvalue weighted by Crippen LogP contribution is -2.27. The molecule has 0 saturated carbocycles. The molecule has 0 radical (unpaired) electrons. The van der Waals surface area contributed by atoms with Crippen LogP contribution in [0.5, 0.6) is 0 Å². The fraction of sp³-hybridized carbons (Fsp3) is 0.300. The Bertz CT molecular complexity index is 925. The van der Waals surface area contributed by atoms with Crippen molar-refractivity contribution in [1.82, 2.24) is 10.3 Å². The molecular formula is C20H22N2O2. The fourth-order valence-electron chi connectivity index (χ4n) is 3.09. The first-order chi connectivity index (χ1) is 11.3. The Labute approximate surface area is 141 Å². The van der Waals surface area contributed by atoms with Gasteiger partial charge in [0, 0.05) is 16.6 Å². The first kappa shape index (κ1) is 16.2. The van der Waals surface area contributed by atoms with Crippen LogP contribution in [0.4, 0.5) is 0 Å². The van der Waals surface area contributed by atoms with Gasteiger partial charge in [0.1, 0.15) is 11.5 Å². The van der Waals surface area contributed by atoms with Crippen molar-refractivity contribution in [2.75, 3.05) is 0 Å². The van der Waals surface area contributed by atoms with Crippen LogP contribution in [0, 0.1) is 27.7 Å². The van der Waals surface area contributed by atoms with E-state index in [9.17, 15) is 4.79 Å². The number of nitrogens with zero attached hydrogens (tertiary/aromatic N) is 1. The number of hydrogen-bond donors (Lipinski definition) is 1. The number of carbonyl (C=O) groups excluding carboxylic acids is 1. The van der Waals surface area contributed by atoms with E-state index in [1.165, 1.54) is 0 Å². The summed E-state index contributed by atoms with van der Waals surface area (Å²) < 4.78 is 5.57. The zero-order valence-electron chi connectivity index (χ0n) is 14.7. The Balaban J connectivity index is 1.96. The van der Waals surface area contributed by atoms with E-state index in [-0.39, 0.29) is 11.9 Å². The van der Waals surface area contributed by atoms with Gasteiger partial charge in [-0.3, -0.25) is 9.78 Å². The SMILES string of the molecule is Cc1ccc2nc(C)cc(C(=O)NC(C)c3cc(C)oc3C)c2c1. The van der Waals surface area contributed by atoms with Crippen molar-refractivity contribution in [2.24, 2.45) is 0 Å². The number of furan rings is 1. The minimum atomic E-state index is -0.122. The third kappa shape index (κ3) is 3.04. The number of pyridine rings is 1. The van der Waals surface area contributed by atoms with Crippen molar-refractivity contribution in [3.05, 3.63) is 64.2 Å². The average molecular weight is 322 g/mol. The van der Waals surface area contributed by atoms with E-state index < -0.39 is 0 Å². The molecule has 1 atom stereocenters. The zero-order valence-corrected chi connectivity index (χ0v) is 14.7. The molecule has 0 fully saturated rings. The third-order valence-electron chi connectivity index (χ3n) is 4.23. The molecule has 0 aliphatic rings. The van der Waals surface area contributed by atoms with Gasteiger partial charge in [-0.05, 0) is 58.9 Å². The van der Waals surface area contributed by atoms with Crippen molar-refractivity contribution in [3.63, 3.8) is 0 Å². The van der Waals surface area contributed by atoms with Crippen LogP contribution >= 0.6 is 0 Å². The van der Waals surface area contributed by atoms with Gasteiger partial charge >= 0.3 is 0 Å². The fourth-order valence-corrected chi connectivity index (χ4v) is 3.09. The first-order valence-electron chi connectivity index (χ1n) is 8.11. The van der Waals surface area contributed by atoms with E-state index >= 15 is 0 Å². The maximum Gasteiger partial charge on any atom is 0.252 e. The van der Waals surface area contributed by atoms with Crippen LogP contribution in [-0.2, 0) is 0 Å². The molecular weight excluding hydrogens is 300 g/mol. The number of aromatic nitrogens is 1. The number of fused-ring (bicyclic) bond motifs is 1. The van der Waals surface area contributed by atoms with E-state index in [2.05, 4.69) is 10.3 Å². The monoisotopic (exact) mass is 322 g/mol. The van der Waals surface area contributed by atoms with Crippen molar-refractivity contribution in [2.45, 2.75) is 40.7 Å². The van der Waals surface area contributed by atoms with Crippen molar-refractivity contribution in [1.29, 1.82) is 0 Å². The molecule has 2 aromatic heterocycles. The van der Waals surface area contributed by atoms with Gasteiger partial charge in [-0.25, -0.2) is 0 Å². The summed E-state index contributed by atoms with van der Waals surface area (Å²) in [5, 5.41) is 3.96. The number of rotatable bonds is 3. The summed E-state index contributed by atoms with van der Waals surface area (Å²) in [4.78, 5) is 17.4. The zero-order chi connectivity index (χ0) is 17.4. The lowest BCUT2D eigenvalue weighted by atomic mass is 10.0. The Morgan fingerprint density at radius 1 is 1.12 bits per heavy atom. The summed E-state index contributed by atoms with van der Waals surface area (Å²) in [6, 6.07) is 9.67. The normalized spacial score (nSPS) is 12.4. The lowest BCUT2D eigenvalue weighted by molar-refractivity contribution is 0.0941. The molecule has 24 heavy (non-hydrogen) atoms. The van der Waals surface area contributed by atoms with Crippen molar-refractivity contribution in [3.8, 4) is 0 Å². The molecule has 0 aliphatic carbocycles. The number of aryl methyl sites for hydroxylation is 4. The second kappa shape index (κ2) is 6.11. The number of hydrogen-bond acceptors (Lipinski definition) is 3.